The van der Waals surface area contributed by atoms with Crippen LogP contribution in [-0.2, 0) is 6.42 Å². The summed E-state index contributed by atoms with van der Waals surface area (Å²) in [6.45, 7) is 4.39. The fraction of sp³-hybridized carbons (Fsp3) is 0.538. The van der Waals surface area contributed by atoms with Crippen LogP contribution in [0.3, 0.4) is 0 Å². The summed E-state index contributed by atoms with van der Waals surface area (Å²) < 4.78 is 0. The highest BCUT2D eigenvalue weighted by Gasteiger charge is 1.93. The van der Waals surface area contributed by atoms with Crippen LogP contribution in [0.1, 0.15) is 43.7 Å². The zero-order valence-corrected chi connectivity index (χ0v) is 8.77. The van der Waals surface area contributed by atoms with E-state index in [0.29, 0.717) is 0 Å². The lowest BCUT2D eigenvalue weighted by atomic mass is 10.0. The van der Waals surface area contributed by atoms with E-state index in [1.165, 1.54) is 43.2 Å². The minimum Gasteiger partial charge on any atom is -0.0654 e. The summed E-state index contributed by atoms with van der Waals surface area (Å²) in [7, 11) is 0. The molecular formula is C13H19. The summed E-state index contributed by atoms with van der Waals surface area (Å²) in [6, 6.07) is 9.67. The van der Waals surface area contributed by atoms with E-state index in [4.69, 9.17) is 0 Å². The minimum absolute atomic E-state index is 1.20. The lowest BCUT2D eigenvalue weighted by Crippen LogP contribution is -1.86. The maximum Gasteiger partial charge on any atom is -0.0149 e. The Hall–Kier alpha value is -0.780. The van der Waals surface area contributed by atoms with Crippen molar-refractivity contribution in [1.29, 1.82) is 0 Å². The van der Waals surface area contributed by atoms with Crippen molar-refractivity contribution in [3.63, 3.8) is 0 Å². The summed E-state index contributed by atoms with van der Waals surface area (Å²) in [5, 5.41) is 0. The van der Waals surface area contributed by atoms with Gasteiger partial charge in [-0.1, -0.05) is 49.9 Å². The molecule has 1 radical (unpaired) electrons. The highest BCUT2D eigenvalue weighted by Crippen LogP contribution is 2.08. The van der Waals surface area contributed by atoms with E-state index >= 15 is 0 Å². The third-order valence-electron chi connectivity index (χ3n) is 2.32. The van der Waals surface area contributed by atoms with Crippen LogP contribution < -0.4 is 0 Å². The second kappa shape index (κ2) is 5.80. The first kappa shape index (κ1) is 10.3. The molecule has 0 nitrogen and oxygen atoms in total. The van der Waals surface area contributed by atoms with Crippen LogP contribution in [0, 0.1) is 13.0 Å². The quantitative estimate of drug-likeness (QED) is 0.595. The molecule has 0 amide bonds. The van der Waals surface area contributed by atoms with Crippen LogP contribution in [0.15, 0.2) is 18.2 Å². The smallest absolute Gasteiger partial charge is 0.0149 e. The molecule has 0 aromatic heterocycles. The Balaban J connectivity index is 2.28. The molecule has 0 aliphatic heterocycles. The fourth-order valence-electron chi connectivity index (χ4n) is 1.53. The molecule has 0 aliphatic carbocycles. The Morgan fingerprint density at radius 3 is 2.77 bits per heavy atom. The molecule has 1 aromatic carbocycles. The Morgan fingerprint density at radius 2 is 2.08 bits per heavy atom. The van der Waals surface area contributed by atoms with Crippen molar-refractivity contribution >= 4 is 0 Å². The number of aryl methyl sites for hydroxylation is 2. The highest BCUT2D eigenvalue weighted by atomic mass is 14.0. The standard InChI is InChI=1S/C13H19/c1-3-4-5-6-9-13-10-7-8-12(2)11-13/h7-8,11H,3-6,9H2,1-2H3. The van der Waals surface area contributed by atoms with E-state index in [0.717, 1.165) is 0 Å². The summed E-state index contributed by atoms with van der Waals surface area (Å²) >= 11 is 0. The van der Waals surface area contributed by atoms with Gasteiger partial charge in [0.25, 0.3) is 0 Å². The van der Waals surface area contributed by atoms with Crippen LogP contribution in [0.25, 0.3) is 0 Å². The maximum absolute atomic E-state index is 3.29. The molecule has 0 heterocycles. The third-order valence-corrected chi connectivity index (χ3v) is 2.32. The van der Waals surface area contributed by atoms with E-state index in [1.807, 2.05) is 6.07 Å². The minimum atomic E-state index is 1.20. The van der Waals surface area contributed by atoms with Gasteiger partial charge in [-0.25, -0.2) is 0 Å². The third kappa shape index (κ3) is 4.12. The number of hydrogen-bond acceptors (Lipinski definition) is 0. The summed E-state index contributed by atoms with van der Waals surface area (Å²) in [5.74, 6) is 0. The van der Waals surface area contributed by atoms with E-state index in [9.17, 15) is 0 Å². The summed E-state index contributed by atoms with van der Waals surface area (Å²) in [6.07, 6.45) is 6.55. The van der Waals surface area contributed by atoms with E-state index < -0.39 is 0 Å². The molecule has 0 atom stereocenters. The van der Waals surface area contributed by atoms with E-state index in [1.54, 1.807) is 0 Å². The van der Waals surface area contributed by atoms with Crippen molar-refractivity contribution in [3.8, 4) is 0 Å². The Bertz CT molecular complexity index is 238. The van der Waals surface area contributed by atoms with Crippen LogP contribution >= 0.6 is 0 Å². The van der Waals surface area contributed by atoms with Gasteiger partial charge in [-0.15, -0.1) is 0 Å². The van der Waals surface area contributed by atoms with Gasteiger partial charge >= 0.3 is 0 Å². The van der Waals surface area contributed by atoms with Gasteiger partial charge in [0.2, 0.25) is 0 Å². The van der Waals surface area contributed by atoms with Crippen LogP contribution in [0.2, 0.25) is 0 Å². The van der Waals surface area contributed by atoms with Crippen LogP contribution in [0.4, 0.5) is 0 Å². The van der Waals surface area contributed by atoms with Crippen molar-refractivity contribution in [3.05, 3.63) is 35.4 Å². The summed E-state index contributed by atoms with van der Waals surface area (Å²) in [4.78, 5) is 0. The molecule has 0 fully saturated rings. The highest BCUT2D eigenvalue weighted by molar-refractivity contribution is 5.20. The molecule has 1 rings (SSSR count). The Labute approximate surface area is 82.0 Å². The van der Waals surface area contributed by atoms with E-state index in [-0.39, 0.29) is 0 Å². The molecule has 0 bridgehead atoms. The van der Waals surface area contributed by atoms with Gasteiger partial charge in [-0.3, -0.25) is 0 Å². The summed E-state index contributed by atoms with van der Waals surface area (Å²) in [5.41, 5.74) is 2.72. The zero-order valence-electron chi connectivity index (χ0n) is 8.77. The predicted octanol–water partition coefficient (Wildman–Crippen LogP) is 3.92. The molecule has 0 heteroatoms. The molecular weight excluding hydrogens is 156 g/mol. The zero-order chi connectivity index (χ0) is 9.52. The van der Waals surface area contributed by atoms with Gasteiger partial charge in [0.15, 0.2) is 0 Å². The van der Waals surface area contributed by atoms with Crippen molar-refractivity contribution in [1.82, 2.24) is 0 Å². The Morgan fingerprint density at radius 1 is 1.23 bits per heavy atom. The van der Waals surface area contributed by atoms with Crippen molar-refractivity contribution in [2.45, 2.75) is 46.0 Å². The van der Waals surface area contributed by atoms with Crippen LogP contribution in [0.5, 0.6) is 0 Å². The largest absolute Gasteiger partial charge is 0.0654 e. The molecule has 0 saturated heterocycles. The van der Waals surface area contributed by atoms with Gasteiger partial charge in [0.1, 0.15) is 0 Å². The number of unbranched alkanes of at least 4 members (excludes halogenated alkanes) is 3. The molecule has 0 N–H and O–H groups in total. The molecule has 13 heavy (non-hydrogen) atoms. The molecule has 0 spiro atoms. The molecule has 71 valence electrons. The normalized spacial score (nSPS) is 10.3. The average molecular weight is 175 g/mol. The van der Waals surface area contributed by atoms with Gasteiger partial charge in [0, 0.05) is 0 Å². The van der Waals surface area contributed by atoms with Gasteiger partial charge < -0.3 is 0 Å². The predicted molar refractivity (Wildman–Crippen MR) is 57.9 cm³/mol. The van der Waals surface area contributed by atoms with Crippen molar-refractivity contribution in [2.24, 2.45) is 0 Å². The van der Waals surface area contributed by atoms with Gasteiger partial charge in [-0.05, 0) is 31.4 Å². The molecule has 1 aromatic rings. The first-order valence-corrected chi connectivity index (χ1v) is 5.30. The fourth-order valence-corrected chi connectivity index (χ4v) is 1.53. The number of hydrogen-bond donors (Lipinski definition) is 0. The Kier molecular flexibility index (Phi) is 4.59. The van der Waals surface area contributed by atoms with Gasteiger partial charge in [-0.2, -0.15) is 0 Å². The first-order chi connectivity index (χ1) is 6.33. The van der Waals surface area contributed by atoms with Crippen molar-refractivity contribution < 1.29 is 0 Å². The number of benzene rings is 1. The van der Waals surface area contributed by atoms with Gasteiger partial charge in [0.05, 0.1) is 0 Å². The monoisotopic (exact) mass is 175 g/mol. The van der Waals surface area contributed by atoms with Crippen molar-refractivity contribution in [2.75, 3.05) is 0 Å². The van der Waals surface area contributed by atoms with Crippen LogP contribution in [-0.4, -0.2) is 0 Å². The number of rotatable bonds is 5. The average Bonchev–Trinajstić information content (AvgIpc) is 2.13. The molecule has 0 aliphatic rings. The second-order valence-electron chi connectivity index (χ2n) is 3.70. The second-order valence-corrected chi connectivity index (χ2v) is 3.70. The topological polar surface area (TPSA) is 0 Å². The lowest BCUT2D eigenvalue weighted by Gasteiger charge is -2.01. The molecule has 0 unspecified atom stereocenters. The van der Waals surface area contributed by atoms with E-state index in [2.05, 4.69) is 32.0 Å². The lowest BCUT2D eigenvalue weighted by molar-refractivity contribution is 0.666. The maximum atomic E-state index is 3.29. The SMILES string of the molecule is CCCCCCc1[c]ccc(C)c1. The first-order valence-electron chi connectivity index (χ1n) is 5.30. The molecule has 0 saturated carbocycles.